The van der Waals surface area contributed by atoms with E-state index >= 15 is 0 Å². The summed E-state index contributed by atoms with van der Waals surface area (Å²) < 4.78 is 10.4. The molecule has 1 saturated heterocycles. The van der Waals surface area contributed by atoms with Crippen molar-refractivity contribution in [3.63, 3.8) is 0 Å². The number of nitrogens with zero attached hydrogens (tertiary/aromatic N) is 1. The minimum absolute atomic E-state index is 0.160. The first-order chi connectivity index (χ1) is 9.74. The third-order valence-corrected chi connectivity index (χ3v) is 3.50. The van der Waals surface area contributed by atoms with Gasteiger partial charge < -0.3 is 14.4 Å². The second-order valence-corrected chi connectivity index (χ2v) is 4.88. The summed E-state index contributed by atoms with van der Waals surface area (Å²) in [5.74, 6) is 0.728. The summed E-state index contributed by atoms with van der Waals surface area (Å²) in [4.78, 5) is 25.7. The SMILES string of the molecule is O=C(NC(=O)N1CCCCC1)c1ccc2c(c1)OCO2. The van der Waals surface area contributed by atoms with Gasteiger partial charge in [-0.15, -0.1) is 0 Å². The first kappa shape index (κ1) is 12.8. The summed E-state index contributed by atoms with van der Waals surface area (Å²) in [7, 11) is 0. The maximum Gasteiger partial charge on any atom is 0.324 e. The Kier molecular flexibility index (Phi) is 3.45. The Morgan fingerprint density at radius 3 is 2.60 bits per heavy atom. The van der Waals surface area contributed by atoms with Gasteiger partial charge >= 0.3 is 6.03 Å². The van der Waals surface area contributed by atoms with Gasteiger partial charge in [-0.2, -0.15) is 0 Å². The van der Waals surface area contributed by atoms with Crippen molar-refractivity contribution >= 4 is 11.9 Å². The highest BCUT2D eigenvalue weighted by atomic mass is 16.7. The molecule has 6 nitrogen and oxygen atoms in total. The van der Waals surface area contributed by atoms with Gasteiger partial charge in [-0.3, -0.25) is 10.1 Å². The van der Waals surface area contributed by atoms with Crippen molar-refractivity contribution in [1.29, 1.82) is 0 Å². The second kappa shape index (κ2) is 5.40. The van der Waals surface area contributed by atoms with Crippen molar-refractivity contribution in [2.75, 3.05) is 19.9 Å². The molecule has 106 valence electrons. The first-order valence-corrected chi connectivity index (χ1v) is 6.74. The van der Waals surface area contributed by atoms with E-state index in [1.807, 2.05) is 0 Å². The number of fused-ring (bicyclic) bond motifs is 1. The van der Waals surface area contributed by atoms with Crippen LogP contribution in [-0.2, 0) is 0 Å². The van der Waals surface area contributed by atoms with Gasteiger partial charge in [-0.25, -0.2) is 4.79 Å². The Bertz CT molecular complexity index is 538. The number of nitrogens with one attached hydrogen (secondary N) is 1. The molecule has 0 aromatic heterocycles. The number of carbonyl (C=O) groups excluding carboxylic acids is 2. The summed E-state index contributed by atoms with van der Waals surface area (Å²) in [5.41, 5.74) is 0.389. The van der Waals surface area contributed by atoms with E-state index in [4.69, 9.17) is 9.47 Å². The summed E-state index contributed by atoms with van der Waals surface area (Å²) in [5, 5.41) is 2.41. The van der Waals surface area contributed by atoms with Crippen molar-refractivity contribution < 1.29 is 19.1 Å². The molecular formula is C14H16N2O4. The van der Waals surface area contributed by atoms with E-state index in [-0.39, 0.29) is 12.8 Å². The van der Waals surface area contributed by atoms with Crippen molar-refractivity contribution in [2.24, 2.45) is 0 Å². The lowest BCUT2D eigenvalue weighted by atomic mass is 10.1. The molecule has 0 bridgehead atoms. The largest absolute Gasteiger partial charge is 0.454 e. The van der Waals surface area contributed by atoms with Gasteiger partial charge in [0.2, 0.25) is 6.79 Å². The molecule has 2 aliphatic heterocycles. The molecule has 1 fully saturated rings. The Balaban J connectivity index is 1.65. The van der Waals surface area contributed by atoms with Crippen molar-refractivity contribution in [3.05, 3.63) is 23.8 Å². The zero-order chi connectivity index (χ0) is 13.9. The van der Waals surface area contributed by atoms with Crippen LogP contribution in [0.2, 0.25) is 0 Å². The fraction of sp³-hybridized carbons (Fsp3) is 0.429. The van der Waals surface area contributed by atoms with Crippen LogP contribution in [0.15, 0.2) is 18.2 Å². The van der Waals surface area contributed by atoms with Gasteiger partial charge in [0.05, 0.1) is 0 Å². The lowest BCUT2D eigenvalue weighted by Crippen LogP contribution is -2.45. The Morgan fingerprint density at radius 2 is 1.80 bits per heavy atom. The van der Waals surface area contributed by atoms with Gasteiger partial charge in [0.1, 0.15) is 0 Å². The number of carbonyl (C=O) groups is 2. The monoisotopic (exact) mass is 276 g/mol. The molecule has 0 saturated carbocycles. The summed E-state index contributed by atoms with van der Waals surface area (Å²) in [6.07, 6.45) is 3.12. The van der Waals surface area contributed by atoms with Crippen LogP contribution in [0.4, 0.5) is 4.79 Å². The van der Waals surface area contributed by atoms with Crippen LogP contribution in [0.25, 0.3) is 0 Å². The van der Waals surface area contributed by atoms with Gasteiger partial charge in [-0.1, -0.05) is 0 Å². The lowest BCUT2D eigenvalue weighted by Gasteiger charge is -2.26. The van der Waals surface area contributed by atoms with E-state index in [0.29, 0.717) is 30.2 Å². The number of hydrogen-bond acceptors (Lipinski definition) is 4. The van der Waals surface area contributed by atoms with Gasteiger partial charge in [0.25, 0.3) is 5.91 Å². The van der Waals surface area contributed by atoms with E-state index < -0.39 is 5.91 Å². The zero-order valence-electron chi connectivity index (χ0n) is 11.1. The molecule has 2 aliphatic rings. The molecule has 3 rings (SSSR count). The fourth-order valence-corrected chi connectivity index (χ4v) is 2.38. The molecule has 1 aromatic carbocycles. The number of benzene rings is 1. The molecule has 0 aliphatic carbocycles. The molecule has 6 heteroatoms. The van der Waals surface area contributed by atoms with Crippen LogP contribution in [0.5, 0.6) is 11.5 Å². The van der Waals surface area contributed by atoms with Crippen molar-refractivity contribution in [2.45, 2.75) is 19.3 Å². The normalized spacial score (nSPS) is 16.9. The molecular weight excluding hydrogens is 260 g/mol. The number of piperidine rings is 1. The maximum atomic E-state index is 12.0. The standard InChI is InChI=1S/C14H16N2O4/c17-13(15-14(18)16-6-2-1-3-7-16)10-4-5-11-12(8-10)20-9-19-11/h4-5,8H,1-3,6-7,9H2,(H,15,17,18). The van der Waals surface area contributed by atoms with E-state index in [1.165, 1.54) is 0 Å². The Morgan fingerprint density at radius 1 is 1.05 bits per heavy atom. The fourth-order valence-electron chi connectivity index (χ4n) is 2.38. The summed E-state index contributed by atoms with van der Waals surface area (Å²) >= 11 is 0. The molecule has 0 unspecified atom stereocenters. The molecule has 0 radical (unpaired) electrons. The van der Waals surface area contributed by atoms with Crippen LogP contribution in [0, 0.1) is 0 Å². The Hall–Kier alpha value is -2.24. The number of rotatable bonds is 1. The average Bonchev–Trinajstić information content (AvgIpc) is 2.95. The molecule has 2 heterocycles. The average molecular weight is 276 g/mol. The van der Waals surface area contributed by atoms with Crippen molar-refractivity contribution in [3.8, 4) is 11.5 Å². The smallest absolute Gasteiger partial charge is 0.324 e. The number of imide groups is 1. The van der Waals surface area contributed by atoms with Gasteiger partial charge in [-0.05, 0) is 37.5 Å². The number of likely N-dealkylation sites (tertiary alicyclic amines) is 1. The predicted molar refractivity (Wildman–Crippen MR) is 70.9 cm³/mol. The van der Waals surface area contributed by atoms with E-state index in [1.54, 1.807) is 23.1 Å². The number of hydrogen-bond donors (Lipinski definition) is 1. The third-order valence-electron chi connectivity index (χ3n) is 3.50. The van der Waals surface area contributed by atoms with E-state index in [2.05, 4.69) is 5.32 Å². The molecule has 0 spiro atoms. The molecule has 3 amide bonds. The van der Waals surface area contributed by atoms with E-state index in [9.17, 15) is 9.59 Å². The summed E-state index contributed by atoms with van der Waals surface area (Å²) in [6.45, 7) is 1.58. The molecule has 1 aromatic rings. The summed E-state index contributed by atoms with van der Waals surface area (Å²) in [6, 6.07) is 4.54. The lowest BCUT2D eigenvalue weighted by molar-refractivity contribution is 0.0948. The number of ether oxygens (including phenoxy) is 2. The van der Waals surface area contributed by atoms with Crippen LogP contribution < -0.4 is 14.8 Å². The topological polar surface area (TPSA) is 67.9 Å². The highest BCUT2D eigenvalue weighted by Gasteiger charge is 2.21. The minimum Gasteiger partial charge on any atom is -0.454 e. The molecule has 0 atom stereocenters. The number of urea groups is 1. The van der Waals surface area contributed by atoms with Crippen LogP contribution in [-0.4, -0.2) is 36.7 Å². The Labute approximate surface area is 116 Å². The third kappa shape index (κ3) is 2.54. The van der Waals surface area contributed by atoms with E-state index in [0.717, 1.165) is 19.3 Å². The quantitative estimate of drug-likeness (QED) is 0.848. The van der Waals surface area contributed by atoms with Gasteiger partial charge in [0, 0.05) is 18.7 Å². The first-order valence-electron chi connectivity index (χ1n) is 6.74. The maximum absolute atomic E-state index is 12.0. The van der Waals surface area contributed by atoms with Crippen LogP contribution in [0.3, 0.4) is 0 Å². The highest BCUT2D eigenvalue weighted by molar-refractivity contribution is 6.04. The second-order valence-electron chi connectivity index (χ2n) is 4.88. The molecule has 20 heavy (non-hydrogen) atoms. The zero-order valence-corrected chi connectivity index (χ0v) is 11.1. The molecule has 1 N–H and O–H groups in total. The van der Waals surface area contributed by atoms with Crippen molar-refractivity contribution in [1.82, 2.24) is 10.2 Å². The highest BCUT2D eigenvalue weighted by Crippen LogP contribution is 2.32. The number of amides is 3. The van der Waals surface area contributed by atoms with Crippen LogP contribution in [0.1, 0.15) is 29.6 Å². The van der Waals surface area contributed by atoms with Gasteiger partial charge in [0.15, 0.2) is 11.5 Å². The minimum atomic E-state index is -0.418. The van der Waals surface area contributed by atoms with Crippen LogP contribution >= 0.6 is 0 Å². The predicted octanol–water partition coefficient (Wildman–Crippen LogP) is 1.75.